The zero-order valence-corrected chi connectivity index (χ0v) is 12.0. The number of nitrogens with zero attached hydrogens (tertiary/aromatic N) is 2. The van der Waals surface area contributed by atoms with Gasteiger partial charge in [0.2, 0.25) is 0 Å². The van der Waals surface area contributed by atoms with Gasteiger partial charge < -0.3 is 10.0 Å². The van der Waals surface area contributed by atoms with E-state index in [2.05, 4.69) is 9.80 Å². The molecule has 0 bridgehead atoms. The lowest BCUT2D eigenvalue weighted by Gasteiger charge is -2.27. The van der Waals surface area contributed by atoms with E-state index in [1.165, 1.54) is 6.07 Å². The predicted molar refractivity (Wildman–Crippen MR) is 75.3 cm³/mol. The van der Waals surface area contributed by atoms with Gasteiger partial charge in [0.15, 0.2) is 0 Å². The second-order valence-corrected chi connectivity index (χ2v) is 5.61. The van der Waals surface area contributed by atoms with Gasteiger partial charge in [-0.3, -0.25) is 4.90 Å². The van der Waals surface area contributed by atoms with E-state index in [4.69, 9.17) is 5.11 Å². The summed E-state index contributed by atoms with van der Waals surface area (Å²) in [6, 6.07) is 5.01. The maximum atomic E-state index is 14.1. The number of aromatic carboxylic acids is 1. The van der Waals surface area contributed by atoms with Crippen molar-refractivity contribution in [2.24, 2.45) is 0 Å². The van der Waals surface area contributed by atoms with E-state index >= 15 is 0 Å². The Morgan fingerprint density at radius 2 is 2.25 bits per heavy atom. The fraction of sp³-hybridized carbons (Fsp3) is 0.533. The van der Waals surface area contributed by atoms with E-state index in [9.17, 15) is 9.18 Å². The van der Waals surface area contributed by atoms with Gasteiger partial charge in [-0.05, 0) is 39.5 Å². The van der Waals surface area contributed by atoms with Gasteiger partial charge in [0.05, 0.1) is 5.56 Å². The van der Waals surface area contributed by atoms with Crippen LogP contribution in [0.5, 0.6) is 0 Å². The third kappa shape index (κ3) is 3.35. The van der Waals surface area contributed by atoms with Crippen LogP contribution in [0.25, 0.3) is 0 Å². The fourth-order valence-corrected chi connectivity index (χ4v) is 2.82. The Bertz CT molecular complexity index is 491. The van der Waals surface area contributed by atoms with E-state index in [0.717, 1.165) is 25.9 Å². The number of carboxylic acid groups (broad SMARTS) is 1. The highest BCUT2D eigenvalue weighted by Gasteiger charge is 2.26. The minimum atomic E-state index is -1.21. The molecule has 4 nitrogen and oxygen atoms in total. The van der Waals surface area contributed by atoms with Crippen LogP contribution in [0.2, 0.25) is 0 Å². The highest BCUT2D eigenvalue weighted by atomic mass is 19.1. The summed E-state index contributed by atoms with van der Waals surface area (Å²) in [7, 11) is 4.06. The second kappa shape index (κ2) is 6.33. The molecule has 1 aromatic rings. The molecule has 1 aromatic carbocycles. The van der Waals surface area contributed by atoms with E-state index in [0.29, 0.717) is 18.2 Å². The number of carboxylic acids is 1. The summed E-state index contributed by atoms with van der Waals surface area (Å²) in [6.07, 6.45) is 2.22. The smallest absolute Gasteiger partial charge is 0.338 e. The number of likely N-dealkylation sites (tertiary alicyclic amines) is 1. The summed E-state index contributed by atoms with van der Waals surface area (Å²) >= 11 is 0. The Hall–Kier alpha value is -1.46. The SMILES string of the molecule is CN(C)CC1CCCN1Cc1cccc(C(=O)O)c1F. The van der Waals surface area contributed by atoms with Crippen LogP contribution in [0, 0.1) is 5.82 Å². The third-order valence-corrected chi connectivity index (χ3v) is 3.76. The number of rotatable bonds is 5. The first kappa shape index (κ1) is 14.9. The fourth-order valence-electron chi connectivity index (χ4n) is 2.82. The predicted octanol–water partition coefficient (Wildman–Crippen LogP) is 2.05. The molecule has 1 heterocycles. The first-order valence-corrected chi connectivity index (χ1v) is 6.88. The average molecular weight is 280 g/mol. The van der Waals surface area contributed by atoms with Crippen molar-refractivity contribution in [1.82, 2.24) is 9.80 Å². The lowest BCUT2D eigenvalue weighted by molar-refractivity contribution is 0.0691. The highest BCUT2D eigenvalue weighted by molar-refractivity contribution is 5.88. The average Bonchev–Trinajstić information content (AvgIpc) is 2.78. The molecular weight excluding hydrogens is 259 g/mol. The van der Waals surface area contributed by atoms with Crippen molar-refractivity contribution in [1.29, 1.82) is 0 Å². The van der Waals surface area contributed by atoms with Gasteiger partial charge in [-0.15, -0.1) is 0 Å². The molecule has 20 heavy (non-hydrogen) atoms. The van der Waals surface area contributed by atoms with Crippen molar-refractivity contribution in [3.05, 3.63) is 35.1 Å². The minimum Gasteiger partial charge on any atom is -0.478 e. The summed E-state index contributed by atoms with van der Waals surface area (Å²) in [5.74, 6) is -1.81. The van der Waals surface area contributed by atoms with Crippen LogP contribution in [0.4, 0.5) is 4.39 Å². The normalized spacial score (nSPS) is 19.7. The molecular formula is C15H21FN2O2. The minimum absolute atomic E-state index is 0.245. The molecule has 0 aromatic heterocycles. The van der Waals surface area contributed by atoms with Crippen LogP contribution in [0.1, 0.15) is 28.8 Å². The van der Waals surface area contributed by atoms with Gasteiger partial charge in [-0.25, -0.2) is 9.18 Å². The summed E-state index contributed by atoms with van der Waals surface area (Å²) in [5.41, 5.74) is 0.224. The number of hydrogen-bond acceptors (Lipinski definition) is 3. The van der Waals surface area contributed by atoms with Crippen molar-refractivity contribution in [2.75, 3.05) is 27.2 Å². The van der Waals surface area contributed by atoms with Crippen molar-refractivity contribution >= 4 is 5.97 Å². The summed E-state index contributed by atoms with van der Waals surface area (Å²) in [6.45, 7) is 2.36. The summed E-state index contributed by atoms with van der Waals surface area (Å²) in [5, 5.41) is 8.96. The number of benzene rings is 1. The number of hydrogen-bond donors (Lipinski definition) is 1. The van der Waals surface area contributed by atoms with Crippen LogP contribution in [0.3, 0.4) is 0 Å². The van der Waals surface area contributed by atoms with E-state index < -0.39 is 11.8 Å². The van der Waals surface area contributed by atoms with Gasteiger partial charge in [-0.2, -0.15) is 0 Å². The molecule has 1 atom stereocenters. The Morgan fingerprint density at radius 3 is 2.90 bits per heavy atom. The zero-order valence-electron chi connectivity index (χ0n) is 12.0. The molecule has 1 aliphatic heterocycles. The van der Waals surface area contributed by atoms with Gasteiger partial charge in [-0.1, -0.05) is 12.1 Å². The molecule has 5 heteroatoms. The topological polar surface area (TPSA) is 43.8 Å². The van der Waals surface area contributed by atoms with Crippen LogP contribution < -0.4 is 0 Å². The Balaban J connectivity index is 2.13. The second-order valence-electron chi connectivity index (χ2n) is 5.61. The van der Waals surface area contributed by atoms with E-state index in [1.54, 1.807) is 12.1 Å². The maximum Gasteiger partial charge on any atom is 0.338 e. The maximum absolute atomic E-state index is 14.1. The van der Waals surface area contributed by atoms with Gasteiger partial charge in [0, 0.05) is 24.7 Å². The van der Waals surface area contributed by atoms with Gasteiger partial charge in [0.1, 0.15) is 5.82 Å². The summed E-state index contributed by atoms with van der Waals surface area (Å²) in [4.78, 5) is 15.3. The Morgan fingerprint density at radius 1 is 1.50 bits per heavy atom. The van der Waals surface area contributed by atoms with Crippen LogP contribution in [-0.2, 0) is 6.54 Å². The van der Waals surface area contributed by atoms with Crippen molar-refractivity contribution in [3.63, 3.8) is 0 Å². The van der Waals surface area contributed by atoms with Crippen LogP contribution >= 0.6 is 0 Å². The molecule has 0 spiro atoms. The van der Waals surface area contributed by atoms with Gasteiger partial charge in [0.25, 0.3) is 0 Å². The quantitative estimate of drug-likeness (QED) is 0.896. The molecule has 1 aliphatic rings. The first-order chi connectivity index (χ1) is 9.49. The zero-order chi connectivity index (χ0) is 14.7. The van der Waals surface area contributed by atoms with Crippen molar-refractivity contribution in [2.45, 2.75) is 25.4 Å². The molecule has 1 fully saturated rings. The third-order valence-electron chi connectivity index (χ3n) is 3.76. The molecule has 0 aliphatic carbocycles. The van der Waals surface area contributed by atoms with E-state index in [1.807, 2.05) is 14.1 Å². The Labute approximate surface area is 118 Å². The molecule has 1 unspecified atom stereocenters. The largest absolute Gasteiger partial charge is 0.478 e. The molecule has 1 saturated heterocycles. The Kier molecular flexibility index (Phi) is 4.73. The van der Waals surface area contributed by atoms with Gasteiger partial charge >= 0.3 is 5.97 Å². The molecule has 1 N–H and O–H groups in total. The molecule has 0 radical (unpaired) electrons. The molecule has 0 amide bonds. The summed E-state index contributed by atoms with van der Waals surface area (Å²) < 4.78 is 14.1. The first-order valence-electron chi connectivity index (χ1n) is 6.88. The lowest BCUT2D eigenvalue weighted by atomic mass is 10.1. The van der Waals surface area contributed by atoms with Crippen LogP contribution in [0.15, 0.2) is 18.2 Å². The van der Waals surface area contributed by atoms with Crippen LogP contribution in [-0.4, -0.2) is 54.1 Å². The highest BCUT2D eigenvalue weighted by Crippen LogP contribution is 2.22. The number of likely N-dealkylation sites (N-methyl/N-ethyl adjacent to an activating group) is 1. The molecule has 0 saturated carbocycles. The standard InChI is InChI=1S/C15H21FN2O2/c1-17(2)10-12-6-4-8-18(12)9-11-5-3-7-13(14(11)16)15(19)20/h3,5,7,12H,4,6,8-10H2,1-2H3,(H,19,20). The monoisotopic (exact) mass is 280 g/mol. The number of carbonyl (C=O) groups is 1. The van der Waals surface area contributed by atoms with E-state index in [-0.39, 0.29) is 5.56 Å². The van der Waals surface area contributed by atoms with Crippen molar-refractivity contribution in [3.8, 4) is 0 Å². The number of halogens is 1. The van der Waals surface area contributed by atoms with Crippen molar-refractivity contribution < 1.29 is 14.3 Å². The lowest BCUT2D eigenvalue weighted by Crippen LogP contribution is -2.37. The molecule has 2 rings (SSSR count). The molecule has 110 valence electrons.